The second kappa shape index (κ2) is 6.62. The number of aromatic nitrogens is 2. The topological polar surface area (TPSA) is 96.5 Å². The van der Waals surface area contributed by atoms with Gasteiger partial charge in [0.25, 0.3) is 0 Å². The molecule has 7 nitrogen and oxygen atoms in total. The summed E-state index contributed by atoms with van der Waals surface area (Å²) in [4.78, 5) is 4.10. The van der Waals surface area contributed by atoms with Crippen molar-refractivity contribution < 1.29 is 18.0 Å². The zero-order valence-corrected chi connectivity index (χ0v) is 14.4. The molecule has 3 rings (SSSR count). The number of aryl methyl sites for hydroxylation is 1. The van der Waals surface area contributed by atoms with Gasteiger partial charge < -0.3 is 9.63 Å². The molecule has 0 aliphatic carbocycles. The van der Waals surface area contributed by atoms with Crippen molar-refractivity contribution in [1.29, 1.82) is 0 Å². The maximum absolute atomic E-state index is 12.7. The van der Waals surface area contributed by atoms with Crippen LogP contribution in [0.2, 0.25) is 0 Å². The highest BCUT2D eigenvalue weighted by Gasteiger charge is 2.39. The number of hydrogen-bond donors (Lipinski definition) is 1. The maximum Gasteiger partial charge on any atom is 0.229 e. The van der Waals surface area contributed by atoms with Gasteiger partial charge in [0.05, 0.1) is 17.8 Å². The van der Waals surface area contributed by atoms with Crippen LogP contribution in [0, 0.1) is 6.92 Å². The van der Waals surface area contributed by atoms with E-state index in [9.17, 15) is 13.5 Å². The van der Waals surface area contributed by atoms with E-state index in [4.69, 9.17) is 4.52 Å². The highest BCUT2D eigenvalue weighted by Crippen LogP contribution is 2.27. The first-order valence-corrected chi connectivity index (χ1v) is 9.51. The molecule has 0 bridgehead atoms. The molecule has 0 radical (unpaired) electrons. The summed E-state index contributed by atoms with van der Waals surface area (Å²) < 4.78 is 31.8. The van der Waals surface area contributed by atoms with Crippen molar-refractivity contribution in [2.45, 2.75) is 37.5 Å². The van der Waals surface area contributed by atoms with E-state index in [0.29, 0.717) is 31.1 Å². The molecule has 1 aromatic heterocycles. The van der Waals surface area contributed by atoms with Crippen LogP contribution in [-0.4, -0.2) is 46.7 Å². The lowest BCUT2D eigenvalue weighted by molar-refractivity contribution is -0.0129. The summed E-state index contributed by atoms with van der Waals surface area (Å²) in [6.07, 6.45) is 1.26. The number of rotatable bonds is 5. The Labute approximate surface area is 141 Å². The van der Waals surface area contributed by atoms with Crippen LogP contribution in [0.15, 0.2) is 34.9 Å². The summed E-state index contributed by atoms with van der Waals surface area (Å²) in [6, 6.07) is 9.05. The molecule has 1 aromatic carbocycles. The molecule has 1 fully saturated rings. The number of sulfonamides is 1. The van der Waals surface area contributed by atoms with Crippen LogP contribution < -0.4 is 0 Å². The average molecular weight is 351 g/mol. The van der Waals surface area contributed by atoms with E-state index in [0.717, 1.165) is 5.56 Å². The standard InChI is InChI=1S/C16H21N3O4S/c1-13-17-15(23-18-13)10-16(20)8-5-9-19(12-16)24(21,22)11-14-6-3-2-4-7-14/h2-4,6-7,20H,5,8-12H2,1H3. The molecular weight excluding hydrogens is 330 g/mol. The molecule has 1 saturated heterocycles. The predicted molar refractivity (Wildman–Crippen MR) is 87.6 cm³/mol. The van der Waals surface area contributed by atoms with Gasteiger partial charge in [0, 0.05) is 13.1 Å². The second-order valence-corrected chi connectivity index (χ2v) is 8.28. The molecule has 0 amide bonds. The highest BCUT2D eigenvalue weighted by molar-refractivity contribution is 7.88. The number of β-amino-alcohol motifs (C(OH)–C–C–N with tert-alkyl or cyclic N) is 1. The molecule has 1 N–H and O–H groups in total. The molecule has 1 atom stereocenters. The fourth-order valence-electron chi connectivity index (χ4n) is 3.02. The molecule has 8 heteroatoms. The quantitative estimate of drug-likeness (QED) is 0.871. The Hall–Kier alpha value is -1.77. The first kappa shape index (κ1) is 17.1. The number of nitrogens with zero attached hydrogens (tertiary/aromatic N) is 3. The number of aliphatic hydroxyl groups is 1. The largest absolute Gasteiger partial charge is 0.388 e. The maximum atomic E-state index is 12.7. The Balaban J connectivity index is 1.72. The smallest absolute Gasteiger partial charge is 0.229 e. The third kappa shape index (κ3) is 4.00. The summed E-state index contributed by atoms with van der Waals surface area (Å²) in [7, 11) is -3.49. The van der Waals surface area contributed by atoms with E-state index >= 15 is 0 Å². The molecule has 1 aliphatic rings. The third-order valence-electron chi connectivity index (χ3n) is 4.16. The van der Waals surface area contributed by atoms with Crippen molar-refractivity contribution in [3.8, 4) is 0 Å². The predicted octanol–water partition coefficient (Wildman–Crippen LogP) is 1.28. The van der Waals surface area contributed by atoms with Crippen LogP contribution in [0.1, 0.15) is 30.1 Å². The second-order valence-electron chi connectivity index (χ2n) is 6.32. The fraction of sp³-hybridized carbons (Fsp3) is 0.500. The lowest BCUT2D eigenvalue weighted by atomic mass is 9.91. The molecule has 2 aromatic rings. The molecule has 1 aliphatic heterocycles. The SMILES string of the molecule is Cc1noc(CC2(O)CCCN(S(=O)(=O)Cc3ccccc3)C2)n1. The van der Waals surface area contributed by atoms with Crippen LogP contribution in [0.3, 0.4) is 0 Å². The van der Waals surface area contributed by atoms with Gasteiger partial charge in [0.1, 0.15) is 0 Å². The van der Waals surface area contributed by atoms with Gasteiger partial charge in [-0.2, -0.15) is 9.29 Å². The Morgan fingerprint density at radius 2 is 2.08 bits per heavy atom. The zero-order valence-electron chi connectivity index (χ0n) is 13.6. The van der Waals surface area contributed by atoms with E-state index < -0.39 is 15.6 Å². The molecule has 24 heavy (non-hydrogen) atoms. The molecule has 2 heterocycles. The summed E-state index contributed by atoms with van der Waals surface area (Å²) in [5.41, 5.74) is -0.444. The minimum absolute atomic E-state index is 0.0452. The molecule has 130 valence electrons. The van der Waals surface area contributed by atoms with Crippen LogP contribution in [0.25, 0.3) is 0 Å². The van der Waals surface area contributed by atoms with E-state index in [-0.39, 0.29) is 18.7 Å². The van der Waals surface area contributed by atoms with Crippen molar-refractivity contribution in [2.24, 2.45) is 0 Å². The van der Waals surface area contributed by atoms with Gasteiger partial charge in [-0.15, -0.1) is 0 Å². The van der Waals surface area contributed by atoms with Crippen molar-refractivity contribution in [3.05, 3.63) is 47.6 Å². The van der Waals surface area contributed by atoms with Gasteiger partial charge in [0.15, 0.2) is 5.82 Å². The van der Waals surface area contributed by atoms with Crippen molar-refractivity contribution in [1.82, 2.24) is 14.4 Å². The first-order valence-electron chi connectivity index (χ1n) is 7.90. The van der Waals surface area contributed by atoms with E-state index in [1.807, 2.05) is 18.2 Å². The summed E-state index contributed by atoms with van der Waals surface area (Å²) >= 11 is 0. The summed E-state index contributed by atoms with van der Waals surface area (Å²) in [6.45, 7) is 2.17. The molecule has 0 spiro atoms. The van der Waals surface area contributed by atoms with E-state index in [1.165, 1.54) is 4.31 Å². The lowest BCUT2D eigenvalue weighted by Gasteiger charge is -2.37. The fourth-order valence-corrected chi connectivity index (χ4v) is 4.66. The Kier molecular flexibility index (Phi) is 4.71. The lowest BCUT2D eigenvalue weighted by Crippen LogP contribution is -2.51. The van der Waals surface area contributed by atoms with Gasteiger partial charge in [-0.1, -0.05) is 35.5 Å². The minimum atomic E-state index is -3.49. The van der Waals surface area contributed by atoms with Crippen LogP contribution >= 0.6 is 0 Å². The number of benzene rings is 1. The third-order valence-corrected chi connectivity index (χ3v) is 5.95. The summed E-state index contributed by atoms with van der Waals surface area (Å²) in [5.74, 6) is 0.763. The van der Waals surface area contributed by atoms with Gasteiger partial charge in [-0.25, -0.2) is 8.42 Å². The highest BCUT2D eigenvalue weighted by atomic mass is 32.2. The van der Waals surface area contributed by atoms with Crippen molar-refractivity contribution in [2.75, 3.05) is 13.1 Å². The average Bonchev–Trinajstić information content (AvgIpc) is 2.92. The van der Waals surface area contributed by atoms with Gasteiger partial charge >= 0.3 is 0 Å². The number of hydrogen-bond acceptors (Lipinski definition) is 6. The monoisotopic (exact) mass is 351 g/mol. The zero-order chi connectivity index (χ0) is 17.2. The molecule has 1 unspecified atom stereocenters. The van der Waals surface area contributed by atoms with Gasteiger partial charge in [-0.05, 0) is 25.3 Å². The van der Waals surface area contributed by atoms with Crippen LogP contribution in [0.4, 0.5) is 0 Å². The minimum Gasteiger partial charge on any atom is -0.388 e. The van der Waals surface area contributed by atoms with Gasteiger partial charge in [0.2, 0.25) is 15.9 Å². The summed E-state index contributed by atoms with van der Waals surface area (Å²) in [5, 5.41) is 14.5. The number of piperidine rings is 1. The van der Waals surface area contributed by atoms with Crippen LogP contribution in [-0.2, 0) is 22.2 Å². The first-order chi connectivity index (χ1) is 11.4. The van der Waals surface area contributed by atoms with E-state index in [1.54, 1.807) is 19.1 Å². The molecular formula is C16H21N3O4S. The Morgan fingerprint density at radius 1 is 1.33 bits per heavy atom. The normalized spacial score (nSPS) is 22.6. The van der Waals surface area contributed by atoms with Crippen LogP contribution in [0.5, 0.6) is 0 Å². The van der Waals surface area contributed by atoms with E-state index in [2.05, 4.69) is 10.1 Å². The Bertz CT molecular complexity index is 791. The van der Waals surface area contributed by atoms with Crippen molar-refractivity contribution in [3.63, 3.8) is 0 Å². The Morgan fingerprint density at radius 3 is 2.75 bits per heavy atom. The van der Waals surface area contributed by atoms with Gasteiger partial charge in [-0.3, -0.25) is 0 Å². The molecule has 0 saturated carbocycles. The van der Waals surface area contributed by atoms with Crippen molar-refractivity contribution >= 4 is 10.0 Å².